The van der Waals surface area contributed by atoms with E-state index in [4.69, 9.17) is 4.43 Å². The SMILES string of the molecule is CC[Si](CC)(CC)CC[Si](C)(Oc1cccc2c1C(F)[C]=C2)C(C)C. The van der Waals surface area contributed by atoms with Crippen LogP contribution in [0.25, 0.3) is 6.08 Å². The summed E-state index contributed by atoms with van der Waals surface area (Å²) in [5.74, 6) is 0.755. The van der Waals surface area contributed by atoms with Gasteiger partial charge in [-0.2, -0.15) is 0 Å². The molecule has 139 valence electrons. The zero-order chi connectivity index (χ0) is 18.7. The maximum absolute atomic E-state index is 14.3. The van der Waals surface area contributed by atoms with Gasteiger partial charge in [0.1, 0.15) is 5.75 Å². The molecule has 25 heavy (non-hydrogen) atoms. The molecule has 1 aromatic carbocycles. The van der Waals surface area contributed by atoms with E-state index in [9.17, 15) is 4.39 Å². The second-order valence-corrected chi connectivity index (χ2v) is 18.2. The Kier molecular flexibility index (Phi) is 6.71. The fraction of sp³-hybridized carbons (Fsp3) is 0.619. The van der Waals surface area contributed by atoms with Gasteiger partial charge in [-0.15, -0.1) is 0 Å². The fourth-order valence-electron chi connectivity index (χ4n) is 3.80. The highest BCUT2D eigenvalue weighted by atomic mass is 28.4. The molecule has 1 aromatic rings. The molecule has 4 heteroatoms. The molecule has 0 aliphatic heterocycles. The molecule has 0 bridgehead atoms. The summed E-state index contributed by atoms with van der Waals surface area (Å²) in [6.07, 6.45) is 3.38. The number of benzene rings is 1. The van der Waals surface area contributed by atoms with E-state index in [0.717, 1.165) is 11.3 Å². The molecule has 2 atom stereocenters. The molecule has 1 aliphatic rings. The molecule has 1 aliphatic carbocycles. The van der Waals surface area contributed by atoms with Crippen LogP contribution in [0.2, 0.25) is 42.3 Å². The van der Waals surface area contributed by atoms with Crippen molar-refractivity contribution in [1.82, 2.24) is 0 Å². The van der Waals surface area contributed by atoms with E-state index in [1.165, 1.54) is 30.2 Å². The van der Waals surface area contributed by atoms with Gasteiger partial charge in [-0.3, -0.25) is 0 Å². The number of alkyl halides is 1. The lowest BCUT2D eigenvalue weighted by Crippen LogP contribution is -2.44. The van der Waals surface area contributed by atoms with Gasteiger partial charge in [-0.25, -0.2) is 4.39 Å². The van der Waals surface area contributed by atoms with Gasteiger partial charge in [0, 0.05) is 5.56 Å². The maximum Gasteiger partial charge on any atom is 0.250 e. The molecular formula is C21H34FOSi2. The molecule has 0 saturated heterocycles. The predicted molar refractivity (Wildman–Crippen MR) is 112 cm³/mol. The van der Waals surface area contributed by atoms with E-state index in [2.05, 4.69) is 47.2 Å². The van der Waals surface area contributed by atoms with E-state index in [1.54, 1.807) is 6.08 Å². The van der Waals surface area contributed by atoms with Gasteiger partial charge in [0.25, 0.3) is 0 Å². The molecule has 0 heterocycles. The molecule has 0 fully saturated rings. The molecule has 0 N–H and O–H groups in total. The van der Waals surface area contributed by atoms with Crippen molar-refractivity contribution >= 4 is 22.5 Å². The number of fused-ring (bicyclic) bond motifs is 1. The van der Waals surface area contributed by atoms with Crippen LogP contribution in [0.4, 0.5) is 4.39 Å². The highest BCUT2D eigenvalue weighted by Gasteiger charge is 2.39. The van der Waals surface area contributed by atoms with E-state index >= 15 is 0 Å². The van der Waals surface area contributed by atoms with Crippen molar-refractivity contribution in [2.75, 3.05) is 0 Å². The summed E-state index contributed by atoms with van der Waals surface area (Å²) in [6, 6.07) is 12.5. The van der Waals surface area contributed by atoms with E-state index in [0.29, 0.717) is 11.1 Å². The Labute approximate surface area is 155 Å². The van der Waals surface area contributed by atoms with Gasteiger partial charge in [0.15, 0.2) is 6.17 Å². The number of halogens is 1. The average Bonchev–Trinajstić information content (AvgIpc) is 2.99. The van der Waals surface area contributed by atoms with Crippen LogP contribution in [0.5, 0.6) is 5.75 Å². The number of allylic oxidation sites excluding steroid dienone is 1. The third-order valence-corrected chi connectivity index (χ3v) is 17.4. The molecule has 0 aromatic heterocycles. The zero-order valence-electron chi connectivity index (χ0n) is 16.8. The Morgan fingerprint density at radius 3 is 2.32 bits per heavy atom. The summed E-state index contributed by atoms with van der Waals surface area (Å²) >= 11 is 0. The van der Waals surface area contributed by atoms with Gasteiger partial charge in [-0.1, -0.05) is 70.9 Å². The van der Waals surface area contributed by atoms with Crippen molar-refractivity contribution in [3.63, 3.8) is 0 Å². The highest BCUT2D eigenvalue weighted by Crippen LogP contribution is 2.41. The predicted octanol–water partition coefficient (Wildman–Crippen LogP) is 7.40. The van der Waals surface area contributed by atoms with Crippen LogP contribution in [-0.2, 0) is 0 Å². The zero-order valence-corrected chi connectivity index (χ0v) is 18.8. The monoisotopic (exact) mass is 377 g/mol. The molecule has 1 radical (unpaired) electrons. The van der Waals surface area contributed by atoms with Crippen LogP contribution in [0.3, 0.4) is 0 Å². The molecule has 2 rings (SSSR count). The van der Waals surface area contributed by atoms with Crippen molar-refractivity contribution in [3.05, 3.63) is 35.4 Å². The standard InChI is InChI=1S/C21H34FOSi2/c1-7-25(8-2,9-3)16-15-24(6,17(4)5)23-20-12-10-11-18-13-14-19(22)21(18)20/h10-13,17,19H,7-9,15-16H2,1-6H3. The summed E-state index contributed by atoms with van der Waals surface area (Å²) in [5.41, 5.74) is 2.12. The summed E-state index contributed by atoms with van der Waals surface area (Å²) in [6.45, 7) is 14.0. The number of hydrogen-bond donors (Lipinski definition) is 0. The molecule has 0 spiro atoms. The van der Waals surface area contributed by atoms with Crippen LogP contribution in [0.15, 0.2) is 18.2 Å². The van der Waals surface area contributed by atoms with Gasteiger partial charge in [-0.05, 0) is 41.9 Å². The van der Waals surface area contributed by atoms with Crippen LogP contribution in [-0.4, -0.2) is 16.4 Å². The number of rotatable bonds is 9. The molecule has 2 unspecified atom stereocenters. The van der Waals surface area contributed by atoms with Gasteiger partial charge < -0.3 is 4.43 Å². The largest absolute Gasteiger partial charge is 0.543 e. The lowest BCUT2D eigenvalue weighted by atomic mass is 10.1. The lowest BCUT2D eigenvalue weighted by Gasteiger charge is -2.37. The van der Waals surface area contributed by atoms with Gasteiger partial charge >= 0.3 is 0 Å². The van der Waals surface area contributed by atoms with Crippen molar-refractivity contribution in [2.45, 2.75) is 83.1 Å². The first-order chi connectivity index (χ1) is 11.8. The Balaban J connectivity index is 2.23. The minimum Gasteiger partial charge on any atom is -0.543 e. The normalized spacial score (nSPS) is 19.1. The topological polar surface area (TPSA) is 9.23 Å². The van der Waals surface area contributed by atoms with Crippen molar-refractivity contribution < 1.29 is 8.82 Å². The van der Waals surface area contributed by atoms with Crippen molar-refractivity contribution in [3.8, 4) is 5.75 Å². The minimum absolute atomic E-state index is 0.511. The summed E-state index contributed by atoms with van der Waals surface area (Å²) in [5, 5.41) is 0. The first kappa shape index (κ1) is 20.4. The van der Waals surface area contributed by atoms with Crippen LogP contribution >= 0.6 is 0 Å². The quantitative estimate of drug-likeness (QED) is 0.407. The maximum atomic E-state index is 14.3. The average molecular weight is 378 g/mol. The Morgan fingerprint density at radius 1 is 1.12 bits per heavy atom. The Bertz CT molecular complexity index is 602. The summed E-state index contributed by atoms with van der Waals surface area (Å²) in [7, 11) is -3.13. The first-order valence-electron chi connectivity index (χ1n) is 9.86. The molecule has 0 saturated carbocycles. The van der Waals surface area contributed by atoms with Crippen molar-refractivity contribution in [1.29, 1.82) is 0 Å². The second kappa shape index (κ2) is 8.21. The van der Waals surface area contributed by atoms with E-state index in [-0.39, 0.29) is 0 Å². The second-order valence-electron chi connectivity index (χ2n) is 8.06. The third-order valence-electron chi connectivity index (χ3n) is 6.70. The van der Waals surface area contributed by atoms with E-state index < -0.39 is 22.6 Å². The molecule has 0 amide bonds. The molecular weight excluding hydrogens is 343 g/mol. The number of hydrogen-bond acceptors (Lipinski definition) is 1. The van der Waals surface area contributed by atoms with Crippen LogP contribution in [0, 0.1) is 6.08 Å². The van der Waals surface area contributed by atoms with E-state index in [1.807, 2.05) is 18.2 Å². The first-order valence-corrected chi connectivity index (χ1v) is 15.4. The summed E-state index contributed by atoms with van der Waals surface area (Å²) < 4.78 is 21.0. The minimum atomic E-state index is -1.97. The summed E-state index contributed by atoms with van der Waals surface area (Å²) in [4.78, 5) is 0. The fourth-order valence-corrected chi connectivity index (χ4v) is 12.1. The van der Waals surface area contributed by atoms with Gasteiger partial charge in [0.2, 0.25) is 8.32 Å². The van der Waals surface area contributed by atoms with Crippen molar-refractivity contribution in [2.24, 2.45) is 0 Å². The van der Waals surface area contributed by atoms with Crippen LogP contribution < -0.4 is 4.43 Å². The lowest BCUT2D eigenvalue weighted by molar-refractivity contribution is 0.396. The Hall–Kier alpha value is -0.876. The van der Waals surface area contributed by atoms with Gasteiger partial charge in [0.05, 0.1) is 8.07 Å². The van der Waals surface area contributed by atoms with Crippen LogP contribution in [0.1, 0.15) is 51.9 Å². The molecule has 1 nitrogen and oxygen atoms in total. The third kappa shape index (κ3) is 4.28. The Morgan fingerprint density at radius 2 is 1.76 bits per heavy atom. The smallest absolute Gasteiger partial charge is 0.250 e. The highest BCUT2D eigenvalue weighted by molar-refractivity contribution is 6.82.